The van der Waals surface area contributed by atoms with Crippen LogP contribution in [0.1, 0.15) is 12.5 Å². The van der Waals surface area contributed by atoms with E-state index in [9.17, 15) is 4.79 Å². The summed E-state index contributed by atoms with van der Waals surface area (Å²) in [6, 6.07) is 14.4. The molecular formula is C24H29N5O4. The minimum Gasteiger partial charge on any atom is -0.466 e. The van der Waals surface area contributed by atoms with Crippen molar-refractivity contribution in [2.75, 3.05) is 57.9 Å². The van der Waals surface area contributed by atoms with Gasteiger partial charge in [-0.2, -0.15) is 0 Å². The first-order chi connectivity index (χ1) is 16.1. The van der Waals surface area contributed by atoms with Crippen LogP contribution in [0.4, 0.5) is 5.69 Å². The number of aliphatic hydroxyl groups excluding tert-OH is 1. The summed E-state index contributed by atoms with van der Waals surface area (Å²) in [6.07, 6.45) is 1.83. The Bertz CT molecular complexity index is 1130. The summed E-state index contributed by atoms with van der Waals surface area (Å²) in [4.78, 5) is 25.5. The highest BCUT2D eigenvalue weighted by Gasteiger charge is 2.17. The van der Waals surface area contributed by atoms with E-state index in [0.29, 0.717) is 5.71 Å². The van der Waals surface area contributed by atoms with Crippen LogP contribution in [0.5, 0.6) is 0 Å². The van der Waals surface area contributed by atoms with Gasteiger partial charge >= 0.3 is 5.97 Å². The van der Waals surface area contributed by atoms with Crippen molar-refractivity contribution in [3.8, 4) is 5.69 Å². The van der Waals surface area contributed by atoms with Crippen LogP contribution in [0.25, 0.3) is 16.7 Å². The molecule has 174 valence electrons. The third-order valence-electron chi connectivity index (χ3n) is 5.84. The van der Waals surface area contributed by atoms with Crippen LogP contribution >= 0.6 is 0 Å². The fraction of sp³-hybridized carbons (Fsp3) is 0.375. The number of benzene rings is 2. The Morgan fingerprint density at radius 3 is 2.67 bits per heavy atom. The van der Waals surface area contributed by atoms with Crippen molar-refractivity contribution in [3.63, 3.8) is 0 Å². The van der Waals surface area contributed by atoms with Crippen LogP contribution in [0.2, 0.25) is 0 Å². The van der Waals surface area contributed by atoms with E-state index in [-0.39, 0.29) is 13.2 Å². The van der Waals surface area contributed by atoms with Gasteiger partial charge < -0.3 is 19.6 Å². The second-order valence-corrected chi connectivity index (χ2v) is 7.92. The molecule has 9 heteroatoms. The fourth-order valence-corrected chi connectivity index (χ4v) is 3.95. The van der Waals surface area contributed by atoms with Crippen LogP contribution in [0.15, 0.2) is 53.9 Å². The summed E-state index contributed by atoms with van der Waals surface area (Å²) < 4.78 is 6.62. The number of hydrogen-bond donors (Lipinski definition) is 1. The highest BCUT2D eigenvalue weighted by molar-refractivity contribution is 6.01. The number of methoxy groups -OCH3 is 1. The van der Waals surface area contributed by atoms with Gasteiger partial charge in [-0.3, -0.25) is 9.47 Å². The zero-order valence-electron chi connectivity index (χ0n) is 19.0. The molecule has 0 unspecified atom stereocenters. The lowest BCUT2D eigenvalue weighted by molar-refractivity contribution is -0.145. The first-order valence-electron chi connectivity index (χ1n) is 11.0. The van der Waals surface area contributed by atoms with Crippen molar-refractivity contribution in [3.05, 3.63) is 54.4 Å². The largest absolute Gasteiger partial charge is 0.466 e. The Kier molecular flexibility index (Phi) is 7.21. The number of β-amino-alcohol motifs (C(OH)–C–C–N with tert-alkyl or cyclic N) is 1. The maximum atomic E-state index is 11.2. The van der Waals surface area contributed by atoms with E-state index in [0.717, 1.165) is 55.0 Å². The fourth-order valence-electron chi connectivity index (χ4n) is 3.95. The number of ether oxygens (including phenoxy) is 1. The van der Waals surface area contributed by atoms with Gasteiger partial charge in [0.1, 0.15) is 6.33 Å². The Balaban J connectivity index is 1.51. The molecule has 1 aromatic heterocycles. The summed E-state index contributed by atoms with van der Waals surface area (Å²) in [6.45, 7) is 6.31. The number of aliphatic hydroxyl groups is 1. The smallest absolute Gasteiger partial charge is 0.346 e. The lowest BCUT2D eigenvalue weighted by Gasteiger charge is -2.36. The number of oxime groups is 1. The molecule has 3 aromatic rings. The van der Waals surface area contributed by atoms with Crippen molar-refractivity contribution < 1.29 is 19.5 Å². The number of hydrogen-bond acceptors (Lipinski definition) is 8. The molecule has 0 saturated carbocycles. The molecule has 9 nitrogen and oxygen atoms in total. The second-order valence-electron chi connectivity index (χ2n) is 7.92. The van der Waals surface area contributed by atoms with Crippen LogP contribution in [-0.4, -0.2) is 84.3 Å². The highest BCUT2D eigenvalue weighted by atomic mass is 16.6. The molecule has 1 fully saturated rings. The number of esters is 1. The Labute approximate surface area is 192 Å². The molecule has 33 heavy (non-hydrogen) atoms. The summed E-state index contributed by atoms with van der Waals surface area (Å²) in [5.41, 5.74) is 5.59. The van der Waals surface area contributed by atoms with Crippen molar-refractivity contribution in [1.29, 1.82) is 0 Å². The first kappa shape index (κ1) is 22.8. The van der Waals surface area contributed by atoms with Gasteiger partial charge in [0.05, 0.1) is 30.5 Å². The predicted octanol–water partition coefficient (Wildman–Crippen LogP) is 2.05. The van der Waals surface area contributed by atoms with Gasteiger partial charge in [0.2, 0.25) is 6.61 Å². The number of carbonyl (C=O) groups is 1. The number of nitrogens with zero attached hydrogens (tertiary/aromatic N) is 5. The molecule has 2 heterocycles. The number of piperazine rings is 1. The summed E-state index contributed by atoms with van der Waals surface area (Å²) in [5, 5.41) is 13.1. The van der Waals surface area contributed by atoms with Gasteiger partial charge in [0.25, 0.3) is 0 Å². The molecule has 1 aliphatic heterocycles. The SMILES string of the molecule is COC(=O)CO/N=C(/C)c1ccc2c(c1)ncn2-c1cccc(N2CCN(CCO)CC2)c1. The first-order valence-corrected chi connectivity index (χ1v) is 11.0. The number of anilines is 1. The average Bonchev–Trinajstić information content (AvgIpc) is 3.28. The Morgan fingerprint density at radius 2 is 1.91 bits per heavy atom. The number of rotatable bonds is 8. The van der Waals surface area contributed by atoms with E-state index in [4.69, 9.17) is 9.94 Å². The van der Waals surface area contributed by atoms with E-state index in [1.165, 1.54) is 12.8 Å². The van der Waals surface area contributed by atoms with Crippen molar-refractivity contribution >= 4 is 28.4 Å². The van der Waals surface area contributed by atoms with Gasteiger partial charge in [-0.05, 0) is 37.3 Å². The predicted molar refractivity (Wildman–Crippen MR) is 127 cm³/mol. The minimum absolute atomic E-state index is 0.205. The van der Waals surface area contributed by atoms with Gasteiger partial charge in [0.15, 0.2) is 0 Å². The van der Waals surface area contributed by atoms with Crippen LogP contribution in [0, 0.1) is 0 Å². The Hall–Kier alpha value is -3.43. The van der Waals surface area contributed by atoms with Crippen molar-refractivity contribution in [1.82, 2.24) is 14.5 Å². The highest BCUT2D eigenvalue weighted by Crippen LogP contribution is 2.24. The van der Waals surface area contributed by atoms with Crippen LogP contribution in [0.3, 0.4) is 0 Å². The molecule has 2 aromatic carbocycles. The molecule has 4 rings (SSSR count). The van der Waals surface area contributed by atoms with Gasteiger partial charge in [-0.1, -0.05) is 17.3 Å². The maximum absolute atomic E-state index is 11.2. The van der Waals surface area contributed by atoms with E-state index < -0.39 is 5.97 Å². The third-order valence-corrected chi connectivity index (χ3v) is 5.84. The molecular weight excluding hydrogens is 422 g/mol. The number of imidazole rings is 1. The Morgan fingerprint density at radius 1 is 1.12 bits per heavy atom. The van der Waals surface area contributed by atoms with Crippen LogP contribution in [-0.2, 0) is 14.4 Å². The van der Waals surface area contributed by atoms with E-state index in [1.54, 1.807) is 0 Å². The normalized spacial score (nSPS) is 15.1. The minimum atomic E-state index is -0.477. The van der Waals surface area contributed by atoms with Crippen LogP contribution < -0.4 is 4.90 Å². The average molecular weight is 452 g/mol. The van der Waals surface area contributed by atoms with Gasteiger partial charge in [-0.15, -0.1) is 0 Å². The monoisotopic (exact) mass is 451 g/mol. The molecule has 0 atom stereocenters. The van der Waals surface area contributed by atoms with E-state index >= 15 is 0 Å². The molecule has 0 spiro atoms. The molecule has 0 aliphatic carbocycles. The zero-order chi connectivity index (χ0) is 23.2. The lowest BCUT2D eigenvalue weighted by Crippen LogP contribution is -2.47. The van der Waals surface area contributed by atoms with Gasteiger partial charge in [-0.25, -0.2) is 9.78 Å². The lowest BCUT2D eigenvalue weighted by atomic mass is 10.1. The van der Waals surface area contributed by atoms with E-state index in [1.807, 2.05) is 31.5 Å². The molecule has 0 amide bonds. The second kappa shape index (κ2) is 10.5. The standard InChI is InChI=1S/C24H29N5O4/c1-18(26-33-16-24(31)32-2)19-6-7-23-22(14-19)25-17-29(23)21-5-3-4-20(15-21)28-10-8-27(9-11-28)12-13-30/h3-7,14-15,17,30H,8-13,16H2,1-2H3/b26-18-. The van der Waals surface area contributed by atoms with Crippen molar-refractivity contribution in [2.24, 2.45) is 5.16 Å². The molecule has 0 bridgehead atoms. The topological polar surface area (TPSA) is 92.4 Å². The molecule has 1 saturated heterocycles. The molecule has 1 N–H and O–H groups in total. The zero-order valence-corrected chi connectivity index (χ0v) is 19.0. The third kappa shape index (κ3) is 5.32. The maximum Gasteiger partial charge on any atom is 0.346 e. The van der Waals surface area contributed by atoms with E-state index in [2.05, 4.69) is 53.5 Å². The number of fused-ring (bicyclic) bond motifs is 1. The van der Waals surface area contributed by atoms with Gasteiger partial charge in [0, 0.05) is 49.7 Å². The number of carbonyl (C=O) groups excluding carboxylic acids is 1. The molecule has 1 aliphatic rings. The summed E-state index contributed by atoms with van der Waals surface area (Å²) in [7, 11) is 1.31. The summed E-state index contributed by atoms with van der Waals surface area (Å²) in [5.74, 6) is -0.477. The van der Waals surface area contributed by atoms with Crippen molar-refractivity contribution in [2.45, 2.75) is 6.92 Å². The number of aromatic nitrogens is 2. The summed E-state index contributed by atoms with van der Waals surface area (Å²) >= 11 is 0. The molecule has 0 radical (unpaired) electrons. The quantitative estimate of drug-likeness (QED) is 0.318.